The third-order valence-electron chi connectivity index (χ3n) is 3.94. The van der Waals surface area contributed by atoms with Gasteiger partial charge in [-0.15, -0.1) is 0 Å². The van der Waals surface area contributed by atoms with E-state index in [9.17, 15) is 19.8 Å². The number of carbonyl (C=O) groups is 2. The van der Waals surface area contributed by atoms with Crippen LogP contribution in [0.15, 0.2) is 48.5 Å². The van der Waals surface area contributed by atoms with Crippen LogP contribution in [-0.4, -0.2) is 46.2 Å². The van der Waals surface area contributed by atoms with Gasteiger partial charge in [-0.25, -0.2) is 9.97 Å². The smallest absolute Gasteiger partial charge is 0.530 e. The summed E-state index contributed by atoms with van der Waals surface area (Å²) < 4.78 is 0. The molecule has 144 valence electrons. The molecule has 2 N–H and O–H groups in total. The summed E-state index contributed by atoms with van der Waals surface area (Å²) in [7, 11) is 2.76. The molecule has 0 unspecified atom stereocenters. The SMILES string of the molecule is CN(C(=O)[O-])c1nc2ccccc2[nH]1.CN(C(=O)[O-])c1nc2ccccc2[nH]1.[Zn+2]. The van der Waals surface area contributed by atoms with Crippen LogP contribution in [0.4, 0.5) is 21.5 Å². The van der Waals surface area contributed by atoms with E-state index in [0.717, 1.165) is 31.9 Å². The second-order valence-electron chi connectivity index (χ2n) is 5.80. The van der Waals surface area contributed by atoms with Crippen LogP contribution >= 0.6 is 0 Å². The van der Waals surface area contributed by atoms with Crippen molar-refractivity contribution in [1.82, 2.24) is 19.9 Å². The standard InChI is InChI=1S/2C9H9N3O2.Zn/c2*1-12(9(13)14)8-10-6-4-2-3-5-7(6)11-8;/h2*2-5H,1H3,(H,10,11)(H,13,14);/q;;+2/p-2. The van der Waals surface area contributed by atoms with E-state index in [1.165, 1.54) is 14.1 Å². The fourth-order valence-corrected chi connectivity index (χ4v) is 2.37. The van der Waals surface area contributed by atoms with Crippen molar-refractivity contribution in [2.45, 2.75) is 0 Å². The number of rotatable bonds is 2. The van der Waals surface area contributed by atoms with E-state index in [2.05, 4.69) is 19.9 Å². The van der Waals surface area contributed by atoms with Crippen molar-refractivity contribution >= 4 is 46.1 Å². The Morgan fingerprint density at radius 1 is 0.759 bits per heavy atom. The zero-order chi connectivity index (χ0) is 20.3. The Labute approximate surface area is 177 Å². The van der Waals surface area contributed by atoms with E-state index in [1.54, 1.807) is 12.1 Å². The van der Waals surface area contributed by atoms with Gasteiger partial charge in [0.15, 0.2) is 0 Å². The van der Waals surface area contributed by atoms with Gasteiger partial charge in [0.2, 0.25) is 11.9 Å². The molecule has 0 fully saturated rings. The number of hydrogen-bond donors (Lipinski definition) is 2. The molecular weight excluding hydrogens is 430 g/mol. The van der Waals surface area contributed by atoms with Gasteiger partial charge in [0.25, 0.3) is 0 Å². The van der Waals surface area contributed by atoms with Crippen molar-refractivity contribution < 1.29 is 39.3 Å². The molecule has 4 aromatic rings. The van der Waals surface area contributed by atoms with E-state index in [1.807, 2.05) is 36.4 Å². The maximum atomic E-state index is 10.5. The van der Waals surface area contributed by atoms with Gasteiger partial charge in [-0.05, 0) is 24.3 Å². The molecule has 0 saturated carbocycles. The molecule has 29 heavy (non-hydrogen) atoms. The van der Waals surface area contributed by atoms with Crippen LogP contribution in [0, 0.1) is 0 Å². The molecule has 4 rings (SSSR count). The summed E-state index contributed by atoms with van der Waals surface area (Å²) in [5.74, 6) is 0.539. The van der Waals surface area contributed by atoms with Gasteiger partial charge in [0.05, 0.1) is 22.1 Å². The summed E-state index contributed by atoms with van der Waals surface area (Å²) in [6, 6.07) is 14.6. The second-order valence-corrected chi connectivity index (χ2v) is 5.80. The molecule has 0 bridgehead atoms. The summed E-state index contributed by atoms with van der Waals surface area (Å²) in [4.78, 5) is 36.8. The van der Waals surface area contributed by atoms with Gasteiger partial charge < -0.3 is 39.6 Å². The third kappa shape index (κ3) is 4.88. The first-order valence-electron chi connectivity index (χ1n) is 8.15. The predicted octanol–water partition coefficient (Wildman–Crippen LogP) is 0.682. The normalized spacial score (nSPS) is 10.0. The summed E-state index contributed by atoms with van der Waals surface area (Å²) in [6.07, 6.45) is -2.58. The molecule has 0 spiro atoms. The number of carboxylic acid groups (broad SMARTS) is 2. The van der Waals surface area contributed by atoms with Crippen molar-refractivity contribution in [3.8, 4) is 0 Å². The fraction of sp³-hybridized carbons (Fsp3) is 0.111. The van der Waals surface area contributed by atoms with Crippen LogP contribution in [0.2, 0.25) is 0 Å². The van der Waals surface area contributed by atoms with Crippen molar-refractivity contribution in [2.24, 2.45) is 0 Å². The molecule has 2 heterocycles. The first kappa shape index (κ1) is 21.8. The Morgan fingerprint density at radius 3 is 1.41 bits per heavy atom. The number of fused-ring (bicyclic) bond motifs is 2. The zero-order valence-electron chi connectivity index (χ0n) is 15.7. The maximum Gasteiger partial charge on any atom is 2.00 e. The average Bonchev–Trinajstić information content (AvgIpc) is 3.30. The minimum Gasteiger partial charge on any atom is -0.530 e. The number of hydrogen-bond acceptors (Lipinski definition) is 6. The summed E-state index contributed by atoms with van der Waals surface area (Å²) in [5, 5.41) is 21.1. The fourth-order valence-electron chi connectivity index (χ4n) is 2.37. The Morgan fingerprint density at radius 2 is 1.10 bits per heavy atom. The number of H-pyrrole nitrogens is 2. The van der Waals surface area contributed by atoms with E-state index in [4.69, 9.17) is 0 Å². The Balaban J connectivity index is 0.000000200. The Kier molecular flexibility index (Phi) is 6.90. The van der Waals surface area contributed by atoms with Gasteiger partial charge in [-0.2, -0.15) is 0 Å². The molecule has 10 nitrogen and oxygen atoms in total. The predicted molar refractivity (Wildman–Crippen MR) is 99.8 cm³/mol. The Bertz CT molecular complexity index is 986. The number of aromatic nitrogens is 4. The molecular formula is C18H16N6O4Zn. The number of amides is 2. The van der Waals surface area contributed by atoms with Crippen molar-refractivity contribution in [2.75, 3.05) is 23.9 Å². The number of anilines is 2. The van der Waals surface area contributed by atoms with Crippen LogP contribution in [0.1, 0.15) is 0 Å². The number of benzene rings is 2. The topological polar surface area (TPSA) is 144 Å². The van der Waals surface area contributed by atoms with E-state index < -0.39 is 12.2 Å². The van der Waals surface area contributed by atoms with Crippen LogP contribution < -0.4 is 20.0 Å². The molecule has 0 radical (unpaired) electrons. The maximum absolute atomic E-state index is 10.5. The van der Waals surface area contributed by atoms with Crippen molar-refractivity contribution in [3.63, 3.8) is 0 Å². The minimum atomic E-state index is -1.29. The average molecular weight is 446 g/mol. The quantitative estimate of drug-likeness (QED) is 0.434. The first-order valence-corrected chi connectivity index (χ1v) is 8.15. The summed E-state index contributed by atoms with van der Waals surface area (Å²) in [6.45, 7) is 0. The van der Waals surface area contributed by atoms with Gasteiger partial charge in [0, 0.05) is 14.1 Å². The zero-order valence-corrected chi connectivity index (χ0v) is 18.7. The van der Waals surface area contributed by atoms with E-state index in [-0.39, 0.29) is 31.4 Å². The largest absolute Gasteiger partial charge is 2.00 e. The summed E-state index contributed by atoms with van der Waals surface area (Å²) >= 11 is 0. The number of imidazole rings is 2. The van der Waals surface area contributed by atoms with Gasteiger partial charge in [-0.3, -0.25) is 0 Å². The number of nitrogens with zero attached hydrogens (tertiary/aromatic N) is 4. The molecule has 0 aliphatic rings. The second kappa shape index (κ2) is 9.16. The number of nitrogens with one attached hydrogen (secondary N) is 2. The Hall–Kier alpha value is -3.46. The molecule has 2 aromatic heterocycles. The van der Waals surface area contributed by atoms with Gasteiger partial charge in [0.1, 0.15) is 12.2 Å². The minimum absolute atomic E-state index is 0. The molecule has 0 aliphatic carbocycles. The number of para-hydroxylation sites is 4. The van der Waals surface area contributed by atoms with Crippen LogP contribution in [0.3, 0.4) is 0 Å². The van der Waals surface area contributed by atoms with Crippen LogP contribution in [0.5, 0.6) is 0 Å². The molecule has 2 amide bonds. The molecule has 0 saturated heterocycles. The number of carbonyl (C=O) groups excluding carboxylic acids is 2. The van der Waals surface area contributed by atoms with Crippen molar-refractivity contribution in [1.29, 1.82) is 0 Å². The van der Waals surface area contributed by atoms with E-state index in [0.29, 0.717) is 0 Å². The molecule has 2 aromatic carbocycles. The summed E-state index contributed by atoms with van der Waals surface area (Å²) in [5.41, 5.74) is 3.07. The molecule has 11 heteroatoms. The molecule has 0 atom stereocenters. The van der Waals surface area contributed by atoms with Crippen LogP contribution in [-0.2, 0) is 19.5 Å². The van der Waals surface area contributed by atoms with Gasteiger partial charge >= 0.3 is 19.5 Å². The first-order chi connectivity index (χ1) is 13.4. The van der Waals surface area contributed by atoms with Gasteiger partial charge in [-0.1, -0.05) is 24.3 Å². The third-order valence-corrected chi connectivity index (χ3v) is 3.94. The molecule has 0 aliphatic heterocycles. The number of aromatic amines is 2. The van der Waals surface area contributed by atoms with Crippen LogP contribution in [0.25, 0.3) is 22.1 Å². The van der Waals surface area contributed by atoms with Crippen molar-refractivity contribution in [3.05, 3.63) is 48.5 Å². The monoisotopic (exact) mass is 444 g/mol. The van der Waals surface area contributed by atoms with E-state index >= 15 is 0 Å².